The van der Waals surface area contributed by atoms with E-state index in [1.54, 1.807) is 11.4 Å². The molecule has 22 heavy (non-hydrogen) atoms. The van der Waals surface area contributed by atoms with E-state index in [-0.39, 0.29) is 24.4 Å². The molecule has 1 aliphatic rings. The average Bonchev–Trinajstić information content (AvgIpc) is 2.97. The summed E-state index contributed by atoms with van der Waals surface area (Å²) in [5.74, 6) is 0.445. The fourth-order valence-corrected chi connectivity index (χ4v) is 3.17. The van der Waals surface area contributed by atoms with Gasteiger partial charge in [0.15, 0.2) is 0 Å². The Hall–Kier alpha value is -1.34. The summed E-state index contributed by atoms with van der Waals surface area (Å²) in [5.41, 5.74) is 6.81. The summed E-state index contributed by atoms with van der Waals surface area (Å²) in [7, 11) is 0. The van der Waals surface area contributed by atoms with Crippen molar-refractivity contribution in [2.24, 2.45) is 5.73 Å². The number of para-hydroxylation sites is 1. The summed E-state index contributed by atoms with van der Waals surface area (Å²) in [5, 5.41) is 6.01. The SMILES string of the molecule is Cl.NCc1nc(C(=O)NC2CCOc3c(Cl)cccc32)cs1. The number of aromatic nitrogens is 1. The smallest absolute Gasteiger partial charge is 0.271 e. The van der Waals surface area contributed by atoms with E-state index in [0.717, 1.165) is 10.6 Å². The third-order valence-electron chi connectivity index (χ3n) is 3.29. The number of thiazole rings is 1. The Morgan fingerprint density at radius 2 is 2.36 bits per heavy atom. The molecule has 1 unspecified atom stereocenters. The molecule has 1 amide bonds. The maximum atomic E-state index is 12.3. The number of nitrogens with one attached hydrogen (secondary N) is 1. The van der Waals surface area contributed by atoms with Crippen molar-refractivity contribution < 1.29 is 9.53 Å². The van der Waals surface area contributed by atoms with Crippen molar-refractivity contribution in [2.75, 3.05) is 6.61 Å². The van der Waals surface area contributed by atoms with Crippen LogP contribution in [0, 0.1) is 0 Å². The Balaban J connectivity index is 0.00000176. The van der Waals surface area contributed by atoms with E-state index in [1.807, 2.05) is 12.1 Å². The molecule has 0 aliphatic carbocycles. The number of rotatable bonds is 3. The zero-order chi connectivity index (χ0) is 14.8. The molecule has 8 heteroatoms. The first-order chi connectivity index (χ1) is 10.2. The summed E-state index contributed by atoms with van der Waals surface area (Å²) in [6.07, 6.45) is 0.701. The van der Waals surface area contributed by atoms with Crippen LogP contribution in [0.5, 0.6) is 5.75 Å². The Morgan fingerprint density at radius 1 is 1.55 bits per heavy atom. The van der Waals surface area contributed by atoms with E-state index in [2.05, 4.69) is 10.3 Å². The molecule has 1 aromatic heterocycles. The monoisotopic (exact) mass is 359 g/mol. The first kappa shape index (κ1) is 17.0. The predicted octanol–water partition coefficient (Wildman–Crippen LogP) is 2.93. The van der Waals surface area contributed by atoms with Gasteiger partial charge in [-0.05, 0) is 6.07 Å². The predicted molar refractivity (Wildman–Crippen MR) is 89.0 cm³/mol. The van der Waals surface area contributed by atoms with Gasteiger partial charge in [0.25, 0.3) is 5.91 Å². The van der Waals surface area contributed by atoms with Crippen molar-refractivity contribution in [1.29, 1.82) is 0 Å². The molecule has 3 N–H and O–H groups in total. The van der Waals surface area contributed by atoms with E-state index < -0.39 is 0 Å². The highest BCUT2D eigenvalue weighted by Gasteiger charge is 2.25. The van der Waals surface area contributed by atoms with E-state index in [1.165, 1.54) is 11.3 Å². The summed E-state index contributed by atoms with van der Waals surface area (Å²) in [6, 6.07) is 5.42. The van der Waals surface area contributed by atoms with Crippen molar-refractivity contribution in [1.82, 2.24) is 10.3 Å². The molecule has 1 atom stereocenters. The van der Waals surface area contributed by atoms with E-state index >= 15 is 0 Å². The van der Waals surface area contributed by atoms with Crippen LogP contribution < -0.4 is 15.8 Å². The van der Waals surface area contributed by atoms with Gasteiger partial charge in [0.1, 0.15) is 16.5 Å². The highest BCUT2D eigenvalue weighted by molar-refractivity contribution is 7.09. The fraction of sp³-hybridized carbons (Fsp3) is 0.286. The van der Waals surface area contributed by atoms with Crippen LogP contribution in [0.25, 0.3) is 0 Å². The Morgan fingerprint density at radius 3 is 3.09 bits per heavy atom. The number of hydrogen-bond acceptors (Lipinski definition) is 5. The van der Waals surface area contributed by atoms with Crippen LogP contribution in [0.2, 0.25) is 5.02 Å². The van der Waals surface area contributed by atoms with Crippen molar-refractivity contribution in [3.8, 4) is 5.75 Å². The lowest BCUT2D eigenvalue weighted by Gasteiger charge is -2.27. The fourth-order valence-electron chi connectivity index (χ4n) is 2.28. The first-order valence-electron chi connectivity index (χ1n) is 6.55. The molecular formula is C14H15Cl2N3O2S. The average molecular weight is 360 g/mol. The molecule has 2 heterocycles. The van der Waals surface area contributed by atoms with Gasteiger partial charge in [0.2, 0.25) is 0 Å². The van der Waals surface area contributed by atoms with Crippen molar-refractivity contribution in [2.45, 2.75) is 19.0 Å². The quantitative estimate of drug-likeness (QED) is 0.882. The molecule has 0 radical (unpaired) electrons. The molecule has 2 aromatic rings. The largest absolute Gasteiger partial charge is 0.492 e. The molecule has 0 spiro atoms. The first-order valence-corrected chi connectivity index (χ1v) is 7.81. The van der Waals surface area contributed by atoms with Gasteiger partial charge in [-0.15, -0.1) is 23.7 Å². The number of halogens is 2. The van der Waals surface area contributed by atoms with Gasteiger partial charge in [-0.2, -0.15) is 0 Å². The zero-order valence-electron chi connectivity index (χ0n) is 11.5. The number of benzene rings is 1. The van der Waals surface area contributed by atoms with Gasteiger partial charge in [-0.25, -0.2) is 4.98 Å². The Kier molecular flexibility index (Phi) is 5.63. The number of fused-ring (bicyclic) bond motifs is 1. The standard InChI is InChI=1S/C14H14ClN3O2S.ClH/c15-9-3-1-2-8-10(4-5-20-13(8)9)18-14(19)11-7-21-12(6-16)17-11;/h1-3,7,10H,4-6,16H2,(H,18,19);1H. The molecule has 0 saturated heterocycles. The summed E-state index contributed by atoms with van der Waals surface area (Å²) < 4.78 is 5.58. The lowest BCUT2D eigenvalue weighted by molar-refractivity contribution is 0.0920. The number of carbonyl (C=O) groups is 1. The van der Waals surface area contributed by atoms with E-state index in [9.17, 15) is 4.79 Å². The molecule has 0 fully saturated rings. The molecule has 1 aliphatic heterocycles. The van der Waals surface area contributed by atoms with E-state index in [4.69, 9.17) is 22.1 Å². The van der Waals surface area contributed by atoms with Crippen LogP contribution in [0.4, 0.5) is 0 Å². The summed E-state index contributed by atoms with van der Waals surface area (Å²) in [4.78, 5) is 16.4. The molecular weight excluding hydrogens is 345 g/mol. The molecule has 0 saturated carbocycles. The van der Waals surface area contributed by atoms with Crippen molar-refractivity contribution in [3.05, 3.63) is 44.9 Å². The third kappa shape index (κ3) is 3.35. The van der Waals surface area contributed by atoms with Gasteiger partial charge in [-0.1, -0.05) is 23.7 Å². The second kappa shape index (κ2) is 7.28. The molecule has 1 aromatic carbocycles. The minimum Gasteiger partial charge on any atom is -0.492 e. The lowest BCUT2D eigenvalue weighted by Crippen LogP contribution is -2.32. The van der Waals surface area contributed by atoms with Crippen LogP contribution in [-0.2, 0) is 6.54 Å². The second-order valence-electron chi connectivity index (χ2n) is 4.65. The van der Waals surface area contributed by atoms with Gasteiger partial charge in [-0.3, -0.25) is 4.79 Å². The maximum absolute atomic E-state index is 12.3. The number of carbonyl (C=O) groups excluding carboxylic acids is 1. The maximum Gasteiger partial charge on any atom is 0.271 e. The second-order valence-corrected chi connectivity index (χ2v) is 6.00. The van der Waals surface area contributed by atoms with Crippen molar-refractivity contribution in [3.63, 3.8) is 0 Å². The molecule has 5 nitrogen and oxygen atoms in total. The van der Waals surface area contributed by atoms with Crippen LogP contribution in [0.1, 0.15) is 33.5 Å². The number of hydrogen-bond donors (Lipinski definition) is 2. The molecule has 3 rings (SSSR count). The zero-order valence-corrected chi connectivity index (χ0v) is 13.9. The summed E-state index contributed by atoms with van der Waals surface area (Å²) in [6.45, 7) is 0.862. The van der Waals surface area contributed by atoms with Gasteiger partial charge >= 0.3 is 0 Å². The normalized spacial score (nSPS) is 16.2. The van der Waals surface area contributed by atoms with Gasteiger partial charge < -0.3 is 15.8 Å². The topological polar surface area (TPSA) is 77.2 Å². The van der Waals surface area contributed by atoms with E-state index in [0.29, 0.717) is 36.0 Å². The third-order valence-corrected chi connectivity index (χ3v) is 4.46. The molecule has 0 bridgehead atoms. The van der Waals surface area contributed by atoms with Crippen LogP contribution in [0.15, 0.2) is 23.6 Å². The van der Waals surface area contributed by atoms with Crippen LogP contribution >= 0.6 is 35.3 Å². The highest BCUT2D eigenvalue weighted by Crippen LogP contribution is 2.37. The van der Waals surface area contributed by atoms with Gasteiger partial charge in [0.05, 0.1) is 17.7 Å². The molecule has 118 valence electrons. The highest BCUT2D eigenvalue weighted by atomic mass is 35.5. The van der Waals surface area contributed by atoms with Crippen LogP contribution in [0.3, 0.4) is 0 Å². The minimum absolute atomic E-state index is 0. The van der Waals surface area contributed by atoms with Crippen LogP contribution in [-0.4, -0.2) is 17.5 Å². The number of nitrogens with zero attached hydrogens (tertiary/aromatic N) is 1. The number of nitrogens with two attached hydrogens (primary N) is 1. The minimum atomic E-state index is -0.205. The summed E-state index contributed by atoms with van der Waals surface area (Å²) >= 11 is 7.51. The Labute approximate surface area is 143 Å². The Bertz CT molecular complexity index is 678. The van der Waals surface area contributed by atoms with Gasteiger partial charge in [0, 0.05) is 23.9 Å². The van der Waals surface area contributed by atoms with Crippen molar-refractivity contribution >= 4 is 41.3 Å². The lowest BCUT2D eigenvalue weighted by atomic mass is 10.0. The number of amides is 1. The number of ether oxygens (including phenoxy) is 1.